The van der Waals surface area contributed by atoms with E-state index >= 15 is 0 Å². The van der Waals surface area contributed by atoms with Crippen LogP contribution in [0.4, 0.5) is 0 Å². The lowest BCUT2D eigenvalue weighted by molar-refractivity contribution is 0.714. The third-order valence-electron chi connectivity index (χ3n) is 2.29. The van der Waals surface area contributed by atoms with E-state index in [1.165, 1.54) is 0 Å². The van der Waals surface area contributed by atoms with Crippen LogP contribution >= 0.6 is 15.9 Å². The summed E-state index contributed by atoms with van der Waals surface area (Å²) in [6, 6.07) is 8.11. The van der Waals surface area contributed by atoms with Crippen molar-refractivity contribution in [1.82, 2.24) is 15.3 Å². The Morgan fingerprint density at radius 2 is 2.31 bits per heavy atom. The van der Waals surface area contributed by atoms with Gasteiger partial charge in [0.2, 0.25) is 0 Å². The highest BCUT2D eigenvalue weighted by molar-refractivity contribution is 9.10. The fourth-order valence-electron chi connectivity index (χ4n) is 1.49. The van der Waals surface area contributed by atoms with Gasteiger partial charge in [-0.3, -0.25) is 0 Å². The molecule has 0 aliphatic carbocycles. The lowest BCUT2D eigenvalue weighted by Crippen LogP contribution is -2.11. The van der Waals surface area contributed by atoms with Gasteiger partial charge in [-0.15, -0.1) is 0 Å². The number of imidazole rings is 1. The van der Waals surface area contributed by atoms with Crippen LogP contribution in [0.3, 0.4) is 0 Å². The summed E-state index contributed by atoms with van der Waals surface area (Å²) in [4.78, 5) is 7.66. The molecule has 0 spiro atoms. The van der Waals surface area contributed by atoms with Crippen LogP contribution in [0.15, 0.2) is 34.9 Å². The molecule has 1 heterocycles. The van der Waals surface area contributed by atoms with E-state index in [0.717, 1.165) is 34.6 Å². The maximum absolute atomic E-state index is 4.36. The summed E-state index contributed by atoms with van der Waals surface area (Å²) in [5.41, 5.74) is 2.20. The molecule has 0 aliphatic heterocycles. The predicted octanol–water partition coefficient (Wildman–Crippen LogP) is 2.95. The molecule has 16 heavy (non-hydrogen) atoms. The minimum atomic E-state index is 0.831. The van der Waals surface area contributed by atoms with Crippen LogP contribution in [-0.2, 0) is 6.54 Å². The first-order chi connectivity index (χ1) is 7.79. The molecule has 0 saturated carbocycles. The Morgan fingerprint density at radius 1 is 1.44 bits per heavy atom. The molecule has 0 fully saturated rings. The molecule has 0 bridgehead atoms. The maximum Gasteiger partial charge on any atom is 0.137 e. The first-order valence-electron chi connectivity index (χ1n) is 5.30. The van der Waals surface area contributed by atoms with Crippen molar-refractivity contribution in [2.45, 2.75) is 13.5 Å². The Hall–Kier alpha value is -1.13. The zero-order chi connectivity index (χ0) is 11.4. The quantitative estimate of drug-likeness (QED) is 0.904. The van der Waals surface area contributed by atoms with Crippen molar-refractivity contribution in [3.05, 3.63) is 40.6 Å². The second-order valence-corrected chi connectivity index (χ2v) is 4.46. The second-order valence-electron chi connectivity index (χ2n) is 3.55. The minimum absolute atomic E-state index is 0.831. The highest BCUT2D eigenvalue weighted by Gasteiger charge is 2.03. The molecule has 3 nitrogen and oxygen atoms in total. The Kier molecular flexibility index (Phi) is 3.74. The lowest BCUT2D eigenvalue weighted by Gasteiger charge is -1.98. The van der Waals surface area contributed by atoms with E-state index in [-0.39, 0.29) is 0 Å². The number of nitrogens with zero attached hydrogens (tertiary/aromatic N) is 1. The molecule has 0 saturated heterocycles. The maximum atomic E-state index is 4.36. The summed E-state index contributed by atoms with van der Waals surface area (Å²) in [5, 5.41) is 3.26. The standard InChI is InChI=1S/C12H14BrN3/c1-2-14-7-11-8-15-12(16-11)9-4-3-5-10(13)6-9/h3-6,8,14H,2,7H2,1H3,(H,15,16). The second kappa shape index (κ2) is 5.27. The van der Waals surface area contributed by atoms with E-state index in [0.29, 0.717) is 0 Å². The molecule has 0 aliphatic rings. The third kappa shape index (κ3) is 2.71. The minimum Gasteiger partial charge on any atom is -0.341 e. The number of rotatable bonds is 4. The van der Waals surface area contributed by atoms with Crippen LogP contribution in [0.2, 0.25) is 0 Å². The molecule has 1 aromatic heterocycles. The predicted molar refractivity (Wildman–Crippen MR) is 69.1 cm³/mol. The summed E-state index contributed by atoms with van der Waals surface area (Å²) in [7, 11) is 0. The Bertz CT molecular complexity index is 465. The van der Waals surface area contributed by atoms with Gasteiger partial charge in [-0.2, -0.15) is 0 Å². The Labute approximate surface area is 103 Å². The van der Waals surface area contributed by atoms with E-state index in [2.05, 4.69) is 44.2 Å². The van der Waals surface area contributed by atoms with E-state index in [1.54, 1.807) is 0 Å². The summed E-state index contributed by atoms with van der Waals surface area (Å²) < 4.78 is 1.06. The van der Waals surface area contributed by atoms with Crippen LogP contribution in [0.1, 0.15) is 12.6 Å². The van der Waals surface area contributed by atoms with E-state index < -0.39 is 0 Å². The van der Waals surface area contributed by atoms with Gasteiger partial charge in [-0.05, 0) is 18.7 Å². The van der Waals surface area contributed by atoms with Crippen molar-refractivity contribution < 1.29 is 0 Å². The molecule has 0 atom stereocenters. The molecule has 2 rings (SSSR count). The van der Waals surface area contributed by atoms with Gasteiger partial charge in [-0.1, -0.05) is 35.0 Å². The Morgan fingerprint density at radius 3 is 3.06 bits per heavy atom. The summed E-state index contributed by atoms with van der Waals surface area (Å²) in [5.74, 6) is 0.911. The zero-order valence-electron chi connectivity index (χ0n) is 9.13. The van der Waals surface area contributed by atoms with Crippen molar-refractivity contribution in [2.24, 2.45) is 0 Å². The number of aromatic amines is 1. The van der Waals surface area contributed by atoms with Gasteiger partial charge < -0.3 is 10.3 Å². The van der Waals surface area contributed by atoms with Crippen LogP contribution in [0.25, 0.3) is 11.4 Å². The van der Waals surface area contributed by atoms with Crippen LogP contribution in [0, 0.1) is 0 Å². The van der Waals surface area contributed by atoms with Crippen molar-refractivity contribution >= 4 is 15.9 Å². The van der Waals surface area contributed by atoms with Gasteiger partial charge in [0.05, 0.1) is 0 Å². The number of aromatic nitrogens is 2. The normalized spacial score (nSPS) is 10.6. The van der Waals surface area contributed by atoms with E-state index in [9.17, 15) is 0 Å². The SMILES string of the molecule is CCNCc1cnc(-c2cccc(Br)c2)[nH]1. The topological polar surface area (TPSA) is 40.7 Å². The number of H-pyrrole nitrogens is 1. The van der Waals surface area contributed by atoms with Crippen molar-refractivity contribution in [3.8, 4) is 11.4 Å². The highest BCUT2D eigenvalue weighted by atomic mass is 79.9. The number of nitrogens with one attached hydrogen (secondary N) is 2. The number of benzene rings is 1. The number of halogens is 1. The molecule has 84 valence electrons. The van der Waals surface area contributed by atoms with Crippen LogP contribution < -0.4 is 5.32 Å². The van der Waals surface area contributed by atoms with Gasteiger partial charge in [0.1, 0.15) is 5.82 Å². The highest BCUT2D eigenvalue weighted by Crippen LogP contribution is 2.20. The van der Waals surface area contributed by atoms with Crippen molar-refractivity contribution in [3.63, 3.8) is 0 Å². The fraction of sp³-hybridized carbons (Fsp3) is 0.250. The number of hydrogen-bond acceptors (Lipinski definition) is 2. The van der Waals surface area contributed by atoms with E-state index in [1.807, 2.05) is 24.4 Å². The van der Waals surface area contributed by atoms with Gasteiger partial charge in [0.15, 0.2) is 0 Å². The molecule has 0 unspecified atom stereocenters. The lowest BCUT2D eigenvalue weighted by atomic mass is 10.2. The van der Waals surface area contributed by atoms with E-state index in [4.69, 9.17) is 0 Å². The monoisotopic (exact) mass is 279 g/mol. The molecule has 2 N–H and O–H groups in total. The summed E-state index contributed by atoms with van der Waals surface area (Å²) in [6.07, 6.45) is 1.87. The van der Waals surface area contributed by atoms with Crippen molar-refractivity contribution in [2.75, 3.05) is 6.54 Å². The molecule has 0 amide bonds. The Balaban J connectivity index is 2.18. The first kappa shape index (κ1) is 11.4. The fourth-order valence-corrected chi connectivity index (χ4v) is 1.89. The largest absolute Gasteiger partial charge is 0.341 e. The van der Waals surface area contributed by atoms with Crippen molar-refractivity contribution in [1.29, 1.82) is 0 Å². The molecule has 1 aromatic carbocycles. The molecule has 0 radical (unpaired) electrons. The first-order valence-corrected chi connectivity index (χ1v) is 6.09. The van der Waals surface area contributed by atoms with Gasteiger partial charge in [-0.25, -0.2) is 4.98 Å². The molecule has 4 heteroatoms. The van der Waals surface area contributed by atoms with Crippen LogP contribution in [0.5, 0.6) is 0 Å². The third-order valence-corrected chi connectivity index (χ3v) is 2.79. The molecular weight excluding hydrogens is 266 g/mol. The summed E-state index contributed by atoms with van der Waals surface area (Å²) >= 11 is 3.45. The average Bonchev–Trinajstić information content (AvgIpc) is 2.75. The van der Waals surface area contributed by atoms with Crippen LogP contribution in [-0.4, -0.2) is 16.5 Å². The van der Waals surface area contributed by atoms with Gasteiger partial charge in [0, 0.05) is 28.5 Å². The van der Waals surface area contributed by atoms with Gasteiger partial charge >= 0.3 is 0 Å². The molecular formula is C12H14BrN3. The zero-order valence-corrected chi connectivity index (χ0v) is 10.7. The average molecular weight is 280 g/mol. The molecule has 2 aromatic rings. The smallest absolute Gasteiger partial charge is 0.137 e. The number of hydrogen-bond donors (Lipinski definition) is 2. The van der Waals surface area contributed by atoms with Gasteiger partial charge in [0.25, 0.3) is 0 Å². The summed E-state index contributed by atoms with van der Waals surface area (Å²) in [6.45, 7) is 3.88.